The van der Waals surface area contributed by atoms with Gasteiger partial charge in [-0.2, -0.15) is 0 Å². The van der Waals surface area contributed by atoms with Crippen molar-refractivity contribution in [2.45, 2.75) is 50.6 Å². The van der Waals surface area contributed by atoms with E-state index in [1.54, 1.807) is 6.92 Å². The molecule has 0 aliphatic carbocycles. The molecule has 0 aromatic rings. The van der Waals surface area contributed by atoms with Crippen LogP contribution in [0.15, 0.2) is 0 Å². The van der Waals surface area contributed by atoms with Gasteiger partial charge < -0.3 is 36.6 Å². The fraction of sp³-hybridized carbons (Fsp3) is 0.750. The summed E-state index contributed by atoms with van der Waals surface area (Å²) in [5.74, 6) is -2.50. The van der Waals surface area contributed by atoms with Gasteiger partial charge in [-0.3, -0.25) is 4.79 Å². The van der Waals surface area contributed by atoms with Crippen molar-refractivity contribution < 1.29 is 40.9 Å². The predicted octanol–water partition coefficient (Wildman–Crippen LogP) is -3.53. The number of carbonyl (C=O) groups excluding carboxylic acids is 3. The van der Waals surface area contributed by atoms with Gasteiger partial charge in [-0.25, -0.2) is 4.79 Å². The van der Waals surface area contributed by atoms with Crippen molar-refractivity contribution in [1.82, 2.24) is 5.32 Å². The topological polar surface area (TPSA) is 186 Å². The van der Waals surface area contributed by atoms with Gasteiger partial charge in [0.1, 0.15) is 5.54 Å². The van der Waals surface area contributed by atoms with Crippen LogP contribution in [0.1, 0.15) is 13.3 Å². The lowest BCUT2D eigenvalue weighted by atomic mass is 10.0. The Balaban J connectivity index is -0.00000180. The largest absolute Gasteiger partial charge is 0.550 e. The summed E-state index contributed by atoms with van der Waals surface area (Å²) in [5.41, 5.74) is 2.30. The van der Waals surface area contributed by atoms with E-state index < -0.39 is 43.9 Å². The Hall–Kier alpha value is -1.49. The van der Waals surface area contributed by atoms with E-state index >= 15 is 0 Å². The molecule has 0 aromatic carbocycles. The van der Waals surface area contributed by atoms with Crippen molar-refractivity contribution >= 4 is 25.9 Å². The van der Waals surface area contributed by atoms with E-state index in [0.29, 0.717) is 6.04 Å². The van der Waals surface area contributed by atoms with E-state index in [4.69, 9.17) is 4.74 Å². The summed E-state index contributed by atoms with van der Waals surface area (Å²) < 4.78 is 4.74. The second-order valence-electron chi connectivity index (χ2n) is 6.32. The molecule has 1 amide bonds. The van der Waals surface area contributed by atoms with Crippen molar-refractivity contribution in [2.75, 3.05) is 7.11 Å². The van der Waals surface area contributed by atoms with Crippen LogP contribution in [0, 0.1) is 0 Å². The van der Waals surface area contributed by atoms with Crippen LogP contribution in [0.25, 0.3) is 0 Å². The molecule has 0 aliphatic heterocycles. The van der Waals surface area contributed by atoms with Crippen LogP contribution in [0.3, 0.4) is 0 Å². The van der Waals surface area contributed by atoms with Crippen molar-refractivity contribution in [2.24, 2.45) is 0 Å². The molecule has 0 saturated heterocycles. The minimum absolute atomic E-state index is 0. The number of ether oxygens (including phenoxy) is 1. The minimum Gasteiger partial charge on any atom is -0.550 e. The number of aliphatic carboxylic acids is 1. The zero-order valence-electron chi connectivity index (χ0n) is 13.7. The van der Waals surface area contributed by atoms with Gasteiger partial charge in [0, 0.05) is 20.5 Å². The Bertz CT molecular complexity index is 397. The maximum atomic E-state index is 11.9. The molecule has 10 heteroatoms. The standard InChI is InChI=1S/C12H24N2O5Si.2H2O/c1-12(11(18)19-2,7-20(3,4)5)14-10(17)8(13)6-9(15)16;;/h8H,6-7,13H2,1-5H3,(H,14,17)(H,15,16);2*1H2/t8-,12-;;/m0../s1. The first-order chi connectivity index (χ1) is 8.91. The van der Waals surface area contributed by atoms with Crippen molar-refractivity contribution in [3.05, 3.63) is 0 Å². The summed E-state index contributed by atoms with van der Waals surface area (Å²) in [4.78, 5) is 34.4. The van der Waals surface area contributed by atoms with Gasteiger partial charge in [0.05, 0.1) is 7.11 Å². The summed E-state index contributed by atoms with van der Waals surface area (Å²) >= 11 is 0. The number of rotatable bonds is 7. The second-order valence-corrected chi connectivity index (χ2v) is 11.8. The van der Waals surface area contributed by atoms with Crippen LogP contribution in [0.4, 0.5) is 0 Å². The van der Waals surface area contributed by atoms with E-state index in [2.05, 4.69) is 30.7 Å². The summed E-state index contributed by atoms with van der Waals surface area (Å²) in [6, 6.07) is -0.526. The quantitative estimate of drug-likeness (QED) is 0.358. The highest BCUT2D eigenvalue weighted by Gasteiger charge is 2.41. The van der Waals surface area contributed by atoms with Crippen molar-refractivity contribution in [3.63, 3.8) is 0 Å². The Morgan fingerprint density at radius 3 is 2.05 bits per heavy atom. The Morgan fingerprint density at radius 1 is 1.27 bits per heavy atom. The summed E-state index contributed by atoms with van der Waals surface area (Å²) in [7, 11) is -0.420. The summed E-state index contributed by atoms with van der Waals surface area (Å²) in [6.45, 7) is 7.76. The van der Waals surface area contributed by atoms with Gasteiger partial charge in [0.2, 0.25) is 0 Å². The molecule has 0 bridgehead atoms. The van der Waals surface area contributed by atoms with Gasteiger partial charge in [0.15, 0.2) is 6.04 Å². The summed E-state index contributed by atoms with van der Waals surface area (Å²) in [6.07, 6.45) is -0.490. The van der Waals surface area contributed by atoms with E-state index in [1.165, 1.54) is 7.11 Å². The number of esters is 1. The number of quaternary nitrogens is 1. The van der Waals surface area contributed by atoms with Crippen LogP contribution in [-0.4, -0.2) is 55.6 Å². The monoisotopic (exact) mass is 340 g/mol. The fourth-order valence-electron chi connectivity index (χ4n) is 2.12. The normalized spacial score (nSPS) is 14.5. The maximum Gasteiger partial charge on any atom is 0.330 e. The number of amides is 1. The number of nitrogens with one attached hydrogen (secondary N) is 1. The number of hydrogen-bond acceptors (Lipinski definition) is 5. The van der Waals surface area contributed by atoms with Crippen LogP contribution < -0.4 is 16.2 Å². The molecule has 0 heterocycles. The molecule has 132 valence electrons. The number of carbonyl (C=O) groups is 3. The van der Waals surface area contributed by atoms with Gasteiger partial charge >= 0.3 is 5.97 Å². The second kappa shape index (κ2) is 9.51. The molecule has 0 saturated carbocycles. The van der Waals surface area contributed by atoms with E-state index in [-0.39, 0.29) is 11.0 Å². The third kappa shape index (κ3) is 8.72. The highest BCUT2D eigenvalue weighted by atomic mass is 28.3. The van der Waals surface area contributed by atoms with Crippen molar-refractivity contribution in [3.8, 4) is 0 Å². The Morgan fingerprint density at radius 2 is 1.73 bits per heavy atom. The highest BCUT2D eigenvalue weighted by Crippen LogP contribution is 2.22. The Kier molecular flexibility index (Phi) is 11.0. The molecule has 0 radical (unpaired) electrons. The van der Waals surface area contributed by atoms with E-state index in [0.717, 1.165) is 0 Å². The fourth-order valence-corrected chi connectivity index (χ4v) is 4.48. The van der Waals surface area contributed by atoms with Crippen LogP contribution in [0.2, 0.25) is 25.7 Å². The SMILES string of the molecule is COC(=O)[C@](C)(C[Si](C)(C)C)NC(=O)[C@@H]([NH3+])CC(=O)[O-].O.O. The van der Waals surface area contributed by atoms with Crippen molar-refractivity contribution in [1.29, 1.82) is 0 Å². The predicted molar refractivity (Wildman–Crippen MR) is 80.2 cm³/mol. The molecule has 0 spiro atoms. The first-order valence-electron chi connectivity index (χ1n) is 6.34. The first-order valence-corrected chi connectivity index (χ1v) is 10.1. The molecule has 0 unspecified atom stereocenters. The third-order valence-corrected chi connectivity index (χ3v) is 4.47. The molecule has 0 fully saturated rings. The van der Waals surface area contributed by atoms with E-state index in [9.17, 15) is 19.5 Å². The average molecular weight is 340 g/mol. The lowest BCUT2D eigenvalue weighted by Gasteiger charge is -2.33. The number of hydrogen-bond donors (Lipinski definition) is 2. The molecule has 2 atom stereocenters. The number of carboxylic acid groups (broad SMARTS) is 1. The minimum atomic E-state index is -1.67. The molecule has 0 aliphatic rings. The zero-order chi connectivity index (χ0) is 16.1. The van der Waals surface area contributed by atoms with Gasteiger partial charge in [-0.05, 0) is 13.0 Å². The average Bonchev–Trinajstić information content (AvgIpc) is 2.24. The van der Waals surface area contributed by atoms with Crippen LogP contribution >= 0.6 is 0 Å². The molecule has 8 N–H and O–H groups in total. The molecular weight excluding hydrogens is 312 g/mol. The van der Waals surface area contributed by atoms with Gasteiger partial charge in [-0.1, -0.05) is 19.6 Å². The number of methoxy groups -OCH3 is 1. The summed E-state index contributed by atoms with van der Waals surface area (Å²) in [5, 5.41) is 13.1. The molecule has 0 rings (SSSR count). The molecule has 9 nitrogen and oxygen atoms in total. The first kappa shape index (κ1) is 25.5. The zero-order valence-corrected chi connectivity index (χ0v) is 14.7. The van der Waals surface area contributed by atoms with Crippen LogP contribution in [0.5, 0.6) is 0 Å². The molecule has 0 aromatic heterocycles. The lowest BCUT2D eigenvalue weighted by Crippen LogP contribution is -2.71. The highest BCUT2D eigenvalue weighted by molar-refractivity contribution is 6.76. The smallest absolute Gasteiger partial charge is 0.330 e. The lowest BCUT2D eigenvalue weighted by molar-refractivity contribution is -0.409. The molecular formula is C12H28N2O7Si. The van der Waals surface area contributed by atoms with Gasteiger partial charge in [-0.15, -0.1) is 0 Å². The third-order valence-electron chi connectivity index (χ3n) is 2.70. The van der Waals surface area contributed by atoms with Crippen LogP contribution in [-0.2, 0) is 19.1 Å². The Labute approximate surface area is 130 Å². The molecule has 22 heavy (non-hydrogen) atoms. The van der Waals surface area contributed by atoms with Gasteiger partial charge in [0.25, 0.3) is 5.91 Å². The van der Waals surface area contributed by atoms with E-state index in [1.807, 2.05) is 0 Å². The maximum absolute atomic E-state index is 11.9. The number of carboxylic acids is 1.